The van der Waals surface area contributed by atoms with Crippen LogP contribution in [-0.2, 0) is 4.79 Å². The molecule has 3 rings (SSSR count). The van der Waals surface area contributed by atoms with Gasteiger partial charge in [0, 0.05) is 23.0 Å². The second-order valence-electron chi connectivity index (χ2n) is 7.18. The second-order valence-corrected chi connectivity index (χ2v) is 8.25. The molecule has 0 spiro atoms. The van der Waals surface area contributed by atoms with Crippen LogP contribution in [0.3, 0.4) is 0 Å². The molecule has 0 saturated heterocycles. The van der Waals surface area contributed by atoms with Gasteiger partial charge < -0.3 is 15.3 Å². The molecular weight excluding hydrogens is 360 g/mol. The first-order valence-electron chi connectivity index (χ1n) is 9.51. The number of carbonyl (C=O) groups is 1. The molecule has 0 aromatic heterocycles. The van der Waals surface area contributed by atoms with E-state index in [1.54, 1.807) is 30.0 Å². The summed E-state index contributed by atoms with van der Waals surface area (Å²) in [6.45, 7) is 0. The maximum Gasteiger partial charge on any atom is 0.303 e. The molecule has 0 amide bonds. The molecule has 2 aromatic rings. The molecular formula is C22H26O4S. The molecule has 2 atom stereocenters. The summed E-state index contributed by atoms with van der Waals surface area (Å²) in [6.07, 6.45) is 5.06. The van der Waals surface area contributed by atoms with Gasteiger partial charge in [-0.2, -0.15) is 0 Å². The topological polar surface area (TPSA) is 77.8 Å². The first-order chi connectivity index (χ1) is 13.0. The highest BCUT2D eigenvalue weighted by molar-refractivity contribution is 7.99. The number of phenolic OH excluding ortho intramolecular Hbond substituents is 2. The Hall–Kier alpha value is -2.14. The van der Waals surface area contributed by atoms with Crippen molar-refractivity contribution in [1.29, 1.82) is 0 Å². The lowest BCUT2D eigenvalue weighted by atomic mass is 9.79. The number of benzene rings is 2. The van der Waals surface area contributed by atoms with Crippen LogP contribution < -0.4 is 0 Å². The quantitative estimate of drug-likeness (QED) is 0.523. The standard InChI is InChI=1S/C22H26O4S/c23-16-9-7-15(8-10-16)20-14-27-21-13-17(24)11-12-19(21)18(20)5-3-1-2-4-6-22(25)26/h7-13,18,20,23-24H,1-6,14H2,(H,25,26)/t18?,20-/m1/s1. The van der Waals surface area contributed by atoms with Gasteiger partial charge in [0.2, 0.25) is 0 Å². The molecule has 0 aliphatic carbocycles. The fourth-order valence-electron chi connectivity index (χ4n) is 3.87. The first kappa shape index (κ1) is 19.6. The van der Waals surface area contributed by atoms with Gasteiger partial charge in [-0.1, -0.05) is 37.5 Å². The number of aliphatic carboxylic acids is 1. The Kier molecular flexibility index (Phi) is 6.67. The van der Waals surface area contributed by atoms with Crippen molar-refractivity contribution in [2.24, 2.45) is 0 Å². The minimum atomic E-state index is -0.722. The Morgan fingerprint density at radius 3 is 2.41 bits per heavy atom. The minimum Gasteiger partial charge on any atom is -0.508 e. The molecule has 3 N–H and O–H groups in total. The number of thioether (sulfide) groups is 1. The number of carboxylic acid groups (broad SMARTS) is 1. The van der Waals surface area contributed by atoms with E-state index in [1.165, 1.54) is 11.1 Å². The highest BCUT2D eigenvalue weighted by Gasteiger charge is 2.31. The first-order valence-corrected chi connectivity index (χ1v) is 10.5. The lowest BCUT2D eigenvalue weighted by Gasteiger charge is -2.34. The van der Waals surface area contributed by atoms with E-state index in [-0.39, 0.29) is 12.2 Å². The van der Waals surface area contributed by atoms with Crippen molar-refractivity contribution in [3.63, 3.8) is 0 Å². The van der Waals surface area contributed by atoms with Crippen LogP contribution in [-0.4, -0.2) is 27.0 Å². The Morgan fingerprint density at radius 2 is 1.67 bits per heavy atom. The molecule has 0 bridgehead atoms. The molecule has 27 heavy (non-hydrogen) atoms. The minimum absolute atomic E-state index is 0.248. The third-order valence-electron chi connectivity index (χ3n) is 5.28. The normalized spacial score (nSPS) is 18.8. The summed E-state index contributed by atoms with van der Waals surface area (Å²) >= 11 is 1.78. The summed E-state index contributed by atoms with van der Waals surface area (Å²) in [5, 5.41) is 28.2. The van der Waals surface area contributed by atoms with Gasteiger partial charge >= 0.3 is 5.97 Å². The molecule has 144 valence electrons. The van der Waals surface area contributed by atoms with Gasteiger partial charge in [-0.05, 0) is 54.2 Å². The molecule has 0 saturated carbocycles. The molecule has 1 unspecified atom stereocenters. The maximum atomic E-state index is 10.6. The van der Waals surface area contributed by atoms with E-state index in [2.05, 4.69) is 0 Å². The van der Waals surface area contributed by atoms with Crippen molar-refractivity contribution >= 4 is 17.7 Å². The number of fused-ring (bicyclic) bond motifs is 1. The smallest absolute Gasteiger partial charge is 0.303 e. The van der Waals surface area contributed by atoms with Gasteiger partial charge in [-0.15, -0.1) is 11.8 Å². The highest BCUT2D eigenvalue weighted by Crippen LogP contribution is 2.49. The summed E-state index contributed by atoms with van der Waals surface area (Å²) in [5.41, 5.74) is 2.52. The molecule has 5 heteroatoms. The van der Waals surface area contributed by atoms with E-state index in [9.17, 15) is 15.0 Å². The van der Waals surface area contributed by atoms with Crippen LogP contribution >= 0.6 is 11.8 Å². The number of hydrogen-bond donors (Lipinski definition) is 3. The SMILES string of the molecule is O=C(O)CCCCCCC1c2ccc(O)cc2SC[C@@H]1c1ccc(O)cc1. The zero-order chi connectivity index (χ0) is 19.2. The van der Waals surface area contributed by atoms with E-state index < -0.39 is 5.97 Å². The van der Waals surface area contributed by atoms with E-state index in [1.807, 2.05) is 24.3 Å². The predicted molar refractivity (Wildman–Crippen MR) is 108 cm³/mol. The van der Waals surface area contributed by atoms with E-state index in [0.29, 0.717) is 17.6 Å². The molecule has 1 heterocycles. The summed E-state index contributed by atoms with van der Waals surface area (Å²) in [7, 11) is 0. The molecule has 1 aliphatic heterocycles. The summed E-state index contributed by atoms with van der Waals surface area (Å²) < 4.78 is 0. The van der Waals surface area contributed by atoms with Crippen molar-refractivity contribution in [2.45, 2.75) is 55.3 Å². The Balaban J connectivity index is 1.72. The predicted octanol–water partition coefficient (Wildman–Crippen LogP) is 5.50. The fraction of sp³-hybridized carbons (Fsp3) is 0.409. The van der Waals surface area contributed by atoms with Crippen molar-refractivity contribution in [3.8, 4) is 11.5 Å². The van der Waals surface area contributed by atoms with E-state index in [4.69, 9.17) is 5.11 Å². The van der Waals surface area contributed by atoms with Crippen LogP contribution in [0.5, 0.6) is 11.5 Å². The number of rotatable bonds is 8. The van der Waals surface area contributed by atoms with E-state index >= 15 is 0 Å². The summed E-state index contributed by atoms with van der Waals surface area (Å²) in [6, 6.07) is 13.2. The largest absolute Gasteiger partial charge is 0.508 e. The zero-order valence-corrected chi connectivity index (χ0v) is 16.1. The fourth-order valence-corrected chi connectivity index (χ4v) is 5.24. The van der Waals surface area contributed by atoms with Crippen molar-refractivity contribution < 1.29 is 20.1 Å². The van der Waals surface area contributed by atoms with Crippen LogP contribution in [0.1, 0.15) is 61.5 Å². The molecule has 0 radical (unpaired) electrons. The monoisotopic (exact) mass is 386 g/mol. The van der Waals surface area contributed by atoms with Crippen LogP contribution in [0.15, 0.2) is 47.4 Å². The molecule has 1 aliphatic rings. The van der Waals surface area contributed by atoms with Gasteiger partial charge in [0.05, 0.1) is 0 Å². The second kappa shape index (κ2) is 9.18. The summed E-state index contributed by atoms with van der Waals surface area (Å²) in [5.74, 6) is 1.54. The van der Waals surface area contributed by atoms with Crippen molar-refractivity contribution in [3.05, 3.63) is 53.6 Å². The van der Waals surface area contributed by atoms with Crippen molar-refractivity contribution in [1.82, 2.24) is 0 Å². The number of phenols is 2. The molecule has 2 aromatic carbocycles. The molecule has 0 fully saturated rings. The number of hydrogen-bond acceptors (Lipinski definition) is 4. The summed E-state index contributed by atoms with van der Waals surface area (Å²) in [4.78, 5) is 11.8. The molecule has 4 nitrogen and oxygen atoms in total. The lowest BCUT2D eigenvalue weighted by molar-refractivity contribution is -0.137. The van der Waals surface area contributed by atoms with Gasteiger partial charge in [-0.3, -0.25) is 4.79 Å². The van der Waals surface area contributed by atoms with Crippen LogP contribution in [0.2, 0.25) is 0 Å². The average molecular weight is 387 g/mol. The average Bonchev–Trinajstić information content (AvgIpc) is 2.64. The Bertz CT molecular complexity index is 772. The highest BCUT2D eigenvalue weighted by atomic mass is 32.2. The third-order valence-corrected chi connectivity index (χ3v) is 6.47. The van der Waals surface area contributed by atoms with Gasteiger partial charge in [0.25, 0.3) is 0 Å². The van der Waals surface area contributed by atoms with Gasteiger partial charge in [0.15, 0.2) is 0 Å². The van der Waals surface area contributed by atoms with Gasteiger partial charge in [0.1, 0.15) is 11.5 Å². The number of aromatic hydroxyl groups is 2. The van der Waals surface area contributed by atoms with Crippen molar-refractivity contribution in [2.75, 3.05) is 5.75 Å². The Morgan fingerprint density at radius 1 is 0.963 bits per heavy atom. The van der Waals surface area contributed by atoms with Crippen LogP contribution in [0.4, 0.5) is 0 Å². The number of unbranched alkanes of at least 4 members (excludes halogenated alkanes) is 3. The lowest BCUT2D eigenvalue weighted by Crippen LogP contribution is -2.19. The number of carboxylic acids is 1. The third kappa shape index (κ3) is 5.19. The zero-order valence-electron chi connectivity index (χ0n) is 15.3. The van der Waals surface area contributed by atoms with Gasteiger partial charge in [-0.25, -0.2) is 0 Å². The Labute approximate surface area is 164 Å². The maximum absolute atomic E-state index is 10.6. The van der Waals surface area contributed by atoms with Crippen LogP contribution in [0, 0.1) is 0 Å². The van der Waals surface area contributed by atoms with E-state index in [0.717, 1.165) is 42.8 Å². The van der Waals surface area contributed by atoms with Crippen LogP contribution in [0.25, 0.3) is 0 Å².